The molecule has 0 aliphatic carbocycles. The van der Waals surface area contributed by atoms with Crippen LogP contribution in [0.15, 0.2) is 12.2 Å². The Kier molecular flexibility index (Phi) is 30.2. The molecule has 4 heteroatoms. The summed E-state index contributed by atoms with van der Waals surface area (Å²) in [5, 5.41) is 8.67. The molecule has 39 heavy (non-hydrogen) atoms. The van der Waals surface area contributed by atoms with Crippen molar-refractivity contribution < 1.29 is 19.4 Å². The van der Waals surface area contributed by atoms with Crippen LogP contribution in [0.2, 0.25) is 0 Å². The lowest BCUT2D eigenvalue weighted by Gasteiger charge is -2.18. The molecule has 230 valence electrons. The Morgan fingerprint density at radius 3 is 1.46 bits per heavy atom. The number of unbranched alkanes of at least 4 members (excludes halogenated alkanes) is 20. The highest BCUT2D eigenvalue weighted by atomic mass is 16.5. The number of rotatable bonds is 31. The van der Waals surface area contributed by atoms with Crippen LogP contribution in [0.1, 0.15) is 194 Å². The van der Waals surface area contributed by atoms with Gasteiger partial charge in [0.2, 0.25) is 0 Å². The van der Waals surface area contributed by atoms with Gasteiger partial charge in [0.25, 0.3) is 0 Å². The standard InChI is InChI=1S/C35H66O4/c1-3-5-7-9-10-11-12-13-18-21-24-28-32-35(38)39-33(29-25-8-6-4-2)30-26-22-19-16-14-15-17-20-23-27-31-34(36)37/h9-10,33H,3-8,11-32H2,1-2H3,(H,36,37)/b10-9-. The molecule has 1 unspecified atom stereocenters. The number of hydrogen-bond acceptors (Lipinski definition) is 3. The second kappa shape index (κ2) is 31.2. The summed E-state index contributed by atoms with van der Waals surface area (Å²) < 4.78 is 5.95. The van der Waals surface area contributed by atoms with E-state index in [0.29, 0.717) is 12.8 Å². The van der Waals surface area contributed by atoms with Crippen LogP contribution in [-0.2, 0) is 14.3 Å². The van der Waals surface area contributed by atoms with Gasteiger partial charge in [-0.05, 0) is 57.8 Å². The topological polar surface area (TPSA) is 63.6 Å². The van der Waals surface area contributed by atoms with Gasteiger partial charge in [-0.25, -0.2) is 0 Å². The summed E-state index contributed by atoms with van der Waals surface area (Å²) in [5.74, 6) is -0.651. The molecule has 0 saturated heterocycles. The highest BCUT2D eigenvalue weighted by Crippen LogP contribution is 2.18. The van der Waals surface area contributed by atoms with E-state index in [1.165, 1.54) is 116 Å². The lowest BCUT2D eigenvalue weighted by molar-refractivity contribution is -0.150. The van der Waals surface area contributed by atoms with Gasteiger partial charge in [0.1, 0.15) is 6.10 Å². The van der Waals surface area contributed by atoms with Gasteiger partial charge in [0, 0.05) is 12.8 Å². The number of aliphatic carboxylic acids is 1. The average molecular weight is 551 g/mol. The Bertz CT molecular complexity index is 557. The summed E-state index contributed by atoms with van der Waals surface area (Å²) in [4.78, 5) is 23.0. The van der Waals surface area contributed by atoms with E-state index in [1.807, 2.05) is 0 Å². The Hall–Kier alpha value is -1.32. The van der Waals surface area contributed by atoms with Crippen LogP contribution in [0.25, 0.3) is 0 Å². The van der Waals surface area contributed by atoms with Crippen molar-refractivity contribution in [3.63, 3.8) is 0 Å². The molecule has 0 bridgehead atoms. The Morgan fingerprint density at radius 2 is 0.949 bits per heavy atom. The minimum absolute atomic E-state index is 0.0241. The average Bonchev–Trinajstić information content (AvgIpc) is 2.91. The minimum atomic E-state index is -0.675. The van der Waals surface area contributed by atoms with Gasteiger partial charge in [0.05, 0.1) is 0 Å². The largest absolute Gasteiger partial charge is 0.481 e. The molecule has 0 rings (SSSR count). The molecule has 1 N–H and O–H groups in total. The first-order valence-corrected chi connectivity index (χ1v) is 17.2. The second-order valence-electron chi connectivity index (χ2n) is 11.7. The fraction of sp³-hybridized carbons (Fsp3) is 0.886. The predicted octanol–water partition coefficient (Wildman–Crippen LogP) is 11.5. The highest BCUT2D eigenvalue weighted by Gasteiger charge is 2.14. The Morgan fingerprint density at radius 1 is 0.538 bits per heavy atom. The molecule has 0 radical (unpaired) electrons. The normalized spacial score (nSPS) is 12.3. The zero-order valence-electron chi connectivity index (χ0n) is 26.2. The zero-order chi connectivity index (χ0) is 28.7. The highest BCUT2D eigenvalue weighted by molar-refractivity contribution is 5.69. The van der Waals surface area contributed by atoms with Crippen LogP contribution < -0.4 is 0 Å². The number of ether oxygens (including phenoxy) is 1. The molecule has 0 aromatic heterocycles. The Balaban J connectivity index is 3.85. The second-order valence-corrected chi connectivity index (χ2v) is 11.7. The summed E-state index contributed by atoms with van der Waals surface area (Å²) in [6, 6.07) is 0. The third kappa shape index (κ3) is 31.1. The molecule has 0 aromatic carbocycles. The maximum atomic E-state index is 12.5. The van der Waals surface area contributed by atoms with Crippen molar-refractivity contribution in [3.05, 3.63) is 12.2 Å². The molecule has 0 saturated carbocycles. The molecule has 0 spiro atoms. The van der Waals surface area contributed by atoms with Crippen molar-refractivity contribution >= 4 is 11.9 Å². The lowest BCUT2D eigenvalue weighted by Crippen LogP contribution is -2.18. The summed E-state index contributed by atoms with van der Waals surface area (Å²) in [7, 11) is 0. The van der Waals surface area contributed by atoms with Crippen molar-refractivity contribution in [2.45, 2.75) is 200 Å². The number of hydrogen-bond donors (Lipinski definition) is 1. The van der Waals surface area contributed by atoms with Gasteiger partial charge in [-0.3, -0.25) is 9.59 Å². The van der Waals surface area contributed by atoms with Crippen molar-refractivity contribution in [3.8, 4) is 0 Å². The third-order valence-electron chi connectivity index (χ3n) is 7.74. The van der Waals surface area contributed by atoms with Crippen LogP contribution >= 0.6 is 0 Å². The van der Waals surface area contributed by atoms with E-state index >= 15 is 0 Å². The SMILES string of the molecule is CCCC/C=C\CCCCCCCCC(=O)OC(CCCCCC)CCCCCCCCCCCCC(=O)O. The van der Waals surface area contributed by atoms with Crippen LogP contribution in [-0.4, -0.2) is 23.1 Å². The quantitative estimate of drug-likeness (QED) is 0.0529. The van der Waals surface area contributed by atoms with Crippen LogP contribution in [0.5, 0.6) is 0 Å². The number of carboxylic acid groups (broad SMARTS) is 1. The van der Waals surface area contributed by atoms with E-state index in [9.17, 15) is 9.59 Å². The zero-order valence-corrected chi connectivity index (χ0v) is 26.2. The van der Waals surface area contributed by atoms with Crippen molar-refractivity contribution in [2.75, 3.05) is 0 Å². The summed E-state index contributed by atoms with van der Waals surface area (Å²) in [6.45, 7) is 4.48. The summed E-state index contributed by atoms with van der Waals surface area (Å²) in [6.07, 6.45) is 36.7. The smallest absolute Gasteiger partial charge is 0.306 e. The number of carbonyl (C=O) groups excluding carboxylic acids is 1. The molecule has 0 amide bonds. The number of allylic oxidation sites excluding steroid dienone is 2. The number of carboxylic acids is 1. The molecule has 0 aliphatic heterocycles. The van der Waals surface area contributed by atoms with Gasteiger partial charge in [-0.2, -0.15) is 0 Å². The van der Waals surface area contributed by atoms with Crippen molar-refractivity contribution in [1.82, 2.24) is 0 Å². The van der Waals surface area contributed by atoms with Gasteiger partial charge >= 0.3 is 11.9 Å². The lowest BCUT2D eigenvalue weighted by atomic mass is 10.0. The summed E-state index contributed by atoms with van der Waals surface area (Å²) in [5.41, 5.74) is 0. The molecule has 1 atom stereocenters. The van der Waals surface area contributed by atoms with Crippen LogP contribution in [0, 0.1) is 0 Å². The van der Waals surface area contributed by atoms with Crippen molar-refractivity contribution in [1.29, 1.82) is 0 Å². The van der Waals surface area contributed by atoms with E-state index in [0.717, 1.165) is 51.4 Å². The van der Waals surface area contributed by atoms with E-state index in [1.54, 1.807) is 0 Å². The van der Waals surface area contributed by atoms with Gasteiger partial charge in [0.15, 0.2) is 0 Å². The fourth-order valence-corrected chi connectivity index (χ4v) is 5.16. The monoisotopic (exact) mass is 550 g/mol. The van der Waals surface area contributed by atoms with Crippen LogP contribution in [0.4, 0.5) is 0 Å². The molecular formula is C35H66O4. The first kappa shape index (κ1) is 37.7. The van der Waals surface area contributed by atoms with E-state index < -0.39 is 5.97 Å². The molecule has 0 aliphatic rings. The molecule has 0 heterocycles. The fourth-order valence-electron chi connectivity index (χ4n) is 5.16. The molecule has 0 aromatic rings. The molecular weight excluding hydrogens is 484 g/mol. The maximum Gasteiger partial charge on any atom is 0.306 e. The van der Waals surface area contributed by atoms with Crippen molar-refractivity contribution in [2.24, 2.45) is 0 Å². The van der Waals surface area contributed by atoms with Gasteiger partial charge in [-0.1, -0.05) is 135 Å². The van der Waals surface area contributed by atoms with E-state index in [2.05, 4.69) is 26.0 Å². The van der Waals surface area contributed by atoms with Gasteiger partial charge in [-0.15, -0.1) is 0 Å². The first-order valence-electron chi connectivity index (χ1n) is 17.2. The minimum Gasteiger partial charge on any atom is -0.481 e. The van der Waals surface area contributed by atoms with Gasteiger partial charge < -0.3 is 9.84 Å². The molecule has 4 nitrogen and oxygen atoms in total. The molecule has 0 fully saturated rings. The predicted molar refractivity (Wildman–Crippen MR) is 167 cm³/mol. The van der Waals surface area contributed by atoms with E-state index in [4.69, 9.17) is 9.84 Å². The summed E-state index contributed by atoms with van der Waals surface area (Å²) >= 11 is 0. The van der Waals surface area contributed by atoms with E-state index in [-0.39, 0.29) is 12.1 Å². The third-order valence-corrected chi connectivity index (χ3v) is 7.74. The van der Waals surface area contributed by atoms with Crippen LogP contribution in [0.3, 0.4) is 0 Å². The number of carbonyl (C=O) groups is 2. The number of esters is 1. The first-order chi connectivity index (χ1) is 19.1. The maximum absolute atomic E-state index is 12.5. The Labute approximate surface area is 243 Å².